The fraction of sp³-hybridized carbons (Fsp3) is 0.467. The van der Waals surface area contributed by atoms with E-state index in [4.69, 9.17) is 10.9 Å². The number of halogens is 1. The van der Waals surface area contributed by atoms with E-state index in [1.54, 1.807) is 0 Å². The maximum absolute atomic E-state index is 12.3. The number of rotatable bonds is 5. The van der Waals surface area contributed by atoms with Gasteiger partial charge in [-0.05, 0) is 37.1 Å². The lowest BCUT2D eigenvalue weighted by atomic mass is 9.90. The van der Waals surface area contributed by atoms with Crippen LogP contribution in [0, 0.1) is 0 Å². The van der Waals surface area contributed by atoms with Crippen molar-refractivity contribution >= 4 is 21.8 Å². The average Bonchev–Trinajstić information content (AvgIpc) is 2.55. The largest absolute Gasteiger partial charge is 1.00 e. The molecule has 1 aliphatic carbocycles. The van der Waals surface area contributed by atoms with Crippen LogP contribution < -0.4 is 38.5 Å². The second-order valence-electron chi connectivity index (χ2n) is 5.81. The molecule has 2 atom stereocenters. The molecular weight excluding hydrogens is 412 g/mol. The fourth-order valence-corrected chi connectivity index (χ4v) is 3.31. The van der Waals surface area contributed by atoms with E-state index < -0.39 is 10.0 Å². The molecule has 0 heterocycles. The lowest BCUT2D eigenvalue weighted by Crippen LogP contribution is -3.00. The minimum Gasteiger partial charge on any atom is -1.00 e. The molecule has 0 unspecified atom stereocenters. The minimum atomic E-state index is -3.79. The molecule has 1 aromatic carbocycles. The third-order valence-electron chi connectivity index (χ3n) is 4.06. The van der Waals surface area contributed by atoms with Gasteiger partial charge in [0.25, 0.3) is 5.91 Å². The molecule has 140 valence electrons. The van der Waals surface area contributed by atoms with Gasteiger partial charge in [-0.2, -0.15) is 0 Å². The summed E-state index contributed by atoms with van der Waals surface area (Å²) in [6, 6.07) is 5.07. The van der Waals surface area contributed by atoms with Gasteiger partial charge in [-0.15, -0.1) is 0 Å². The Bertz CT molecular complexity index is 715. The molecule has 0 bridgehead atoms. The molecule has 1 saturated carbocycles. The molecule has 0 radical (unpaired) electrons. The monoisotopic (exact) mass is 434 g/mol. The lowest BCUT2D eigenvalue weighted by Gasteiger charge is -2.32. The third kappa shape index (κ3) is 6.07. The summed E-state index contributed by atoms with van der Waals surface area (Å²) < 4.78 is 22.5. The molecule has 0 saturated heterocycles. The summed E-state index contributed by atoms with van der Waals surface area (Å²) in [6.07, 6.45) is 3.48. The summed E-state index contributed by atoms with van der Waals surface area (Å²) in [5, 5.41) is 10.8. The molecule has 1 fully saturated rings. The zero-order valence-electron chi connectivity index (χ0n) is 14.6. The van der Waals surface area contributed by atoms with Crippen LogP contribution in [0.4, 0.5) is 0 Å². The number of primary sulfonamides is 1. The van der Waals surface area contributed by atoms with Gasteiger partial charge in [-0.1, -0.05) is 12.8 Å². The smallest absolute Gasteiger partial charge is 1.00 e. The van der Waals surface area contributed by atoms with E-state index in [1.165, 1.54) is 24.3 Å². The van der Waals surface area contributed by atoms with Crippen molar-refractivity contribution < 1.29 is 36.4 Å². The van der Waals surface area contributed by atoms with Crippen LogP contribution in [-0.4, -0.2) is 38.9 Å². The number of nitrogens with two attached hydrogens (primary N) is 2. The molecule has 8 nitrogen and oxygen atoms in total. The second-order valence-corrected chi connectivity index (χ2v) is 7.37. The predicted molar refractivity (Wildman–Crippen MR) is 89.6 cm³/mol. The summed E-state index contributed by atoms with van der Waals surface area (Å²) >= 11 is 0. The molecule has 6 N–H and O–H groups in total. The fourth-order valence-electron chi connectivity index (χ4n) is 2.79. The molecule has 0 aliphatic heterocycles. The van der Waals surface area contributed by atoms with Crippen molar-refractivity contribution in [3.63, 3.8) is 0 Å². The summed E-state index contributed by atoms with van der Waals surface area (Å²) in [5.74, 6) is -0.575. The van der Waals surface area contributed by atoms with Gasteiger partial charge < -0.3 is 33.3 Å². The number of carbonyl (C=O) groups excluding carboxylic acids is 2. The highest BCUT2D eigenvalue weighted by molar-refractivity contribution is 7.89. The topological polar surface area (TPSA) is 144 Å². The van der Waals surface area contributed by atoms with Gasteiger partial charge in [0.1, 0.15) is 0 Å². The van der Waals surface area contributed by atoms with Gasteiger partial charge in [0.2, 0.25) is 15.9 Å². The van der Waals surface area contributed by atoms with Crippen LogP contribution in [0.5, 0.6) is 0 Å². The Morgan fingerprint density at radius 1 is 1.08 bits per heavy atom. The van der Waals surface area contributed by atoms with E-state index in [0.717, 1.165) is 25.7 Å². The number of nitrogens with one attached hydrogen (secondary N) is 2. The Labute approximate surface area is 159 Å². The zero-order valence-corrected chi connectivity index (χ0v) is 16.0. The summed E-state index contributed by atoms with van der Waals surface area (Å²) in [5.41, 5.74) is 5.65. The first kappa shape index (κ1) is 21.6. The third-order valence-corrected chi connectivity index (χ3v) is 4.99. The van der Waals surface area contributed by atoms with E-state index in [0.29, 0.717) is 5.56 Å². The maximum atomic E-state index is 12.3. The molecule has 1 aromatic rings. The van der Waals surface area contributed by atoms with Crippen molar-refractivity contribution in [2.75, 3.05) is 6.54 Å². The predicted octanol–water partition coefficient (Wildman–Crippen LogP) is -3.43. The molecule has 0 aromatic heterocycles. The number of hydrogen-bond donors (Lipinski definition) is 4. The number of benzene rings is 1. The summed E-state index contributed by atoms with van der Waals surface area (Å²) in [6.45, 7) is -0.0911. The molecule has 2 amide bonds. The van der Waals surface area contributed by atoms with Gasteiger partial charge in [0.05, 0.1) is 11.4 Å². The quantitative estimate of drug-likeness (QED) is 0.381. The van der Waals surface area contributed by atoms with Crippen molar-refractivity contribution in [1.29, 1.82) is 0 Å². The Morgan fingerprint density at radius 3 is 2.08 bits per heavy atom. The van der Waals surface area contributed by atoms with Crippen molar-refractivity contribution in [3.8, 4) is 0 Å². The Morgan fingerprint density at radius 2 is 1.60 bits per heavy atom. The number of sulfonamides is 1. The van der Waals surface area contributed by atoms with Crippen LogP contribution in [0.2, 0.25) is 0 Å². The first-order valence-electron chi connectivity index (χ1n) is 7.74. The highest BCUT2D eigenvalue weighted by Gasteiger charge is 2.27. The normalized spacial score (nSPS) is 20.2. The average molecular weight is 435 g/mol. The van der Waals surface area contributed by atoms with E-state index in [9.17, 15) is 18.0 Å². The van der Waals surface area contributed by atoms with Gasteiger partial charge in [0.15, 0.2) is 0 Å². The van der Waals surface area contributed by atoms with Gasteiger partial charge in [0, 0.05) is 17.6 Å². The van der Waals surface area contributed by atoms with Crippen molar-refractivity contribution in [3.05, 3.63) is 29.8 Å². The summed E-state index contributed by atoms with van der Waals surface area (Å²) in [7, 11) is -3.79. The first-order chi connectivity index (χ1) is 11.3. The standard InChI is InChI=1S/C15H22N4O4S.BrH/c16-9-14(20)18-12-3-1-2-4-13(12)19-15(21)10-5-7-11(8-6-10)24(17,22)23;/h5-8,12-13H,1-4,9,16H2,(H,18,20)(H,19,21)(H2,17,22,23);1H/t12-,13+;/m1./s1. The zero-order chi connectivity index (χ0) is 17.7. The van der Waals surface area contributed by atoms with Gasteiger partial charge >= 0.3 is 1.43 Å². The molecule has 25 heavy (non-hydrogen) atoms. The first-order valence-corrected chi connectivity index (χ1v) is 9.29. The number of amides is 2. The SMILES string of the molecule is NCC(=O)N[C@@H]1CCCC[C@@H]1NC(=O)c1ccc(S(N)(=O)=O)cc1.[Br-].[H+]. The molecule has 2 rings (SSSR count). The van der Waals surface area contributed by atoms with Crippen LogP contribution in [-0.2, 0) is 14.8 Å². The van der Waals surface area contributed by atoms with Crippen LogP contribution in [0.3, 0.4) is 0 Å². The van der Waals surface area contributed by atoms with Gasteiger partial charge in [-0.25, -0.2) is 13.6 Å². The van der Waals surface area contributed by atoms with E-state index in [1.807, 2.05) is 0 Å². The minimum absolute atomic E-state index is 0. The van der Waals surface area contributed by atoms with Crippen LogP contribution >= 0.6 is 0 Å². The lowest BCUT2D eigenvalue weighted by molar-refractivity contribution is -0.120. The van der Waals surface area contributed by atoms with Crippen molar-refractivity contribution in [2.45, 2.75) is 42.7 Å². The maximum Gasteiger partial charge on any atom is 1.00 e. The Hall–Kier alpha value is -1.49. The number of carbonyl (C=O) groups is 2. The molecule has 1 aliphatic rings. The second kappa shape index (κ2) is 9.27. The van der Waals surface area contributed by atoms with E-state index in [2.05, 4.69) is 10.6 Å². The van der Waals surface area contributed by atoms with Crippen LogP contribution in [0.25, 0.3) is 0 Å². The van der Waals surface area contributed by atoms with Gasteiger partial charge in [-0.3, -0.25) is 9.59 Å². The highest BCUT2D eigenvalue weighted by Crippen LogP contribution is 2.19. The highest BCUT2D eigenvalue weighted by atomic mass is 79.9. The van der Waals surface area contributed by atoms with E-state index in [-0.39, 0.29) is 53.7 Å². The molecule has 10 heteroatoms. The van der Waals surface area contributed by atoms with Crippen LogP contribution in [0.15, 0.2) is 29.2 Å². The molecule has 0 spiro atoms. The Balaban J connectivity index is 0.00000312. The Kier molecular flexibility index (Phi) is 8.00. The van der Waals surface area contributed by atoms with E-state index >= 15 is 0 Å². The van der Waals surface area contributed by atoms with Crippen molar-refractivity contribution in [2.24, 2.45) is 10.9 Å². The van der Waals surface area contributed by atoms with Crippen LogP contribution in [0.1, 0.15) is 37.5 Å². The molecular formula is C15H23BrN4O4S. The summed E-state index contributed by atoms with van der Waals surface area (Å²) in [4.78, 5) is 23.8. The van der Waals surface area contributed by atoms with Crippen molar-refractivity contribution in [1.82, 2.24) is 10.6 Å². The number of hydrogen-bond acceptors (Lipinski definition) is 5.